The van der Waals surface area contributed by atoms with Gasteiger partial charge in [0.25, 0.3) is 5.91 Å². The molecule has 0 aliphatic carbocycles. The number of nitrogens with two attached hydrogens (primary N) is 2. The minimum absolute atomic E-state index is 0.0659. The molecule has 0 aliphatic rings. The number of hydrogen-bond donors (Lipinski definition) is 3. The van der Waals surface area contributed by atoms with Gasteiger partial charge >= 0.3 is 0 Å². The van der Waals surface area contributed by atoms with Crippen LogP contribution in [0.15, 0.2) is 29.8 Å². The summed E-state index contributed by atoms with van der Waals surface area (Å²) < 4.78 is 14.5. The van der Waals surface area contributed by atoms with Gasteiger partial charge in [0.1, 0.15) is 16.9 Å². The molecule has 0 aromatic carbocycles. The van der Waals surface area contributed by atoms with Gasteiger partial charge in [0, 0.05) is 23.4 Å². The Morgan fingerprint density at radius 3 is 3.00 bits per heavy atom. The van der Waals surface area contributed by atoms with E-state index in [-0.39, 0.29) is 23.6 Å². The number of fused-ring (bicyclic) bond motifs is 1. The molecule has 3 aromatic rings. The predicted octanol–water partition coefficient (Wildman–Crippen LogP) is 2.33. The molecule has 0 aliphatic heterocycles. The van der Waals surface area contributed by atoms with Crippen LogP contribution in [0.25, 0.3) is 10.2 Å². The molecule has 0 saturated carbocycles. The molecule has 1 amide bonds. The summed E-state index contributed by atoms with van der Waals surface area (Å²) >= 11 is 1.41. The maximum atomic E-state index is 14.5. The predicted molar refractivity (Wildman–Crippen MR) is 102 cm³/mol. The first kappa shape index (κ1) is 18.7. The second kappa shape index (κ2) is 7.64. The van der Waals surface area contributed by atoms with E-state index in [4.69, 9.17) is 11.6 Å². The highest BCUT2D eigenvalue weighted by Gasteiger charge is 2.22. The second-order valence-corrected chi connectivity index (χ2v) is 6.70. The molecule has 10 heteroatoms. The number of thiophene rings is 1. The van der Waals surface area contributed by atoms with Crippen LogP contribution in [0, 0.1) is 5.82 Å². The zero-order chi connectivity index (χ0) is 19.6. The molecule has 1 atom stereocenters. The Labute approximate surface area is 158 Å². The topological polar surface area (TPSA) is 127 Å². The smallest absolute Gasteiger partial charge is 0.252 e. The van der Waals surface area contributed by atoms with E-state index in [1.807, 2.05) is 11.4 Å². The third-order valence-electron chi connectivity index (χ3n) is 3.98. The maximum absolute atomic E-state index is 14.5. The number of pyridine rings is 2. The third-order valence-corrected chi connectivity index (χ3v) is 4.88. The maximum Gasteiger partial charge on any atom is 0.252 e. The van der Waals surface area contributed by atoms with Crippen LogP contribution in [-0.2, 0) is 4.79 Å². The van der Waals surface area contributed by atoms with Crippen LogP contribution in [0.5, 0.6) is 0 Å². The summed E-state index contributed by atoms with van der Waals surface area (Å²) in [5, 5.41) is 6.69. The van der Waals surface area contributed by atoms with Gasteiger partial charge in [-0.1, -0.05) is 0 Å². The van der Waals surface area contributed by atoms with Gasteiger partial charge < -0.3 is 15.8 Å². The van der Waals surface area contributed by atoms with Gasteiger partial charge in [-0.3, -0.25) is 9.80 Å². The Morgan fingerprint density at radius 1 is 1.52 bits per heavy atom. The van der Waals surface area contributed by atoms with Crippen molar-refractivity contribution in [3.8, 4) is 0 Å². The van der Waals surface area contributed by atoms with Gasteiger partial charge in [-0.25, -0.2) is 20.2 Å². The summed E-state index contributed by atoms with van der Waals surface area (Å²) in [6.45, 7) is 1.66. The summed E-state index contributed by atoms with van der Waals surface area (Å²) in [4.78, 5) is 31.7. The largest absolute Gasteiger partial charge is 0.365 e. The number of carbonyl (C=O) groups is 2. The molecule has 8 nitrogen and oxygen atoms in total. The molecule has 0 fully saturated rings. The quantitative estimate of drug-likeness (QED) is 0.322. The number of hydrazine groups is 1. The molecule has 0 spiro atoms. The van der Waals surface area contributed by atoms with E-state index >= 15 is 0 Å². The van der Waals surface area contributed by atoms with Gasteiger partial charge in [-0.2, -0.15) is 0 Å². The first-order chi connectivity index (χ1) is 12.9. The molecular formula is C17H17FN6O2S. The van der Waals surface area contributed by atoms with Crippen molar-refractivity contribution in [1.29, 1.82) is 0 Å². The number of hydrogen-bond acceptors (Lipinski definition) is 8. The second-order valence-electron chi connectivity index (χ2n) is 5.84. The van der Waals surface area contributed by atoms with Crippen LogP contribution in [0.2, 0.25) is 0 Å². The number of carbonyl (C=O) groups excluding carboxylic acids is 2. The van der Waals surface area contributed by atoms with E-state index in [1.165, 1.54) is 11.3 Å². The Hall–Kier alpha value is -3.11. The minimum Gasteiger partial charge on any atom is -0.365 e. The number of aldehydes is 1. The Kier molecular flexibility index (Phi) is 5.28. The number of nitrogens with one attached hydrogen (secondary N) is 1. The lowest BCUT2D eigenvalue weighted by Crippen LogP contribution is -2.41. The standard InChI is InChI=1S/C17H17FN6O2S/c1-9(4-6-25)24(20)16-12(18)7-11(14(19)26)15(23-16)22-13-8-27-17-10(13)3-2-5-21-17/h2-3,5-9H,4,20H2,1H3,(H2,19,26)(H,22,23). The van der Waals surface area contributed by atoms with Crippen LogP contribution in [-0.4, -0.2) is 28.2 Å². The zero-order valence-corrected chi connectivity index (χ0v) is 15.2. The molecule has 3 rings (SSSR count). The number of rotatable bonds is 7. The van der Waals surface area contributed by atoms with Crippen LogP contribution in [0.1, 0.15) is 23.7 Å². The van der Waals surface area contributed by atoms with Crippen LogP contribution < -0.4 is 21.9 Å². The average molecular weight is 388 g/mol. The molecule has 0 bridgehead atoms. The SMILES string of the molecule is CC(CC=O)N(N)c1nc(Nc2csc3ncccc23)c(C(N)=O)cc1F. The highest BCUT2D eigenvalue weighted by Crippen LogP contribution is 2.32. The van der Waals surface area contributed by atoms with Crippen molar-refractivity contribution in [1.82, 2.24) is 9.97 Å². The van der Waals surface area contributed by atoms with Gasteiger partial charge in [-0.05, 0) is 25.1 Å². The highest BCUT2D eigenvalue weighted by atomic mass is 32.1. The van der Waals surface area contributed by atoms with Gasteiger partial charge in [-0.15, -0.1) is 11.3 Å². The first-order valence-electron chi connectivity index (χ1n) is 7.99. The fraction of sp³-hybridized carbons (Fsp3) is 0.176. The Balaban J connectivity index is 2.05. The minimum atomic E-state index is -0.836. The molecule has 0 saturated heterocycles. The summed E-state index contributed by atoms with van der Waals surface area (Å²) in [5.74, 6) is 4.12. The van der Waals surface area contributed by atoms with Crippen molar-refractivity contribution < 1.29 is 14.0 Å². The Morgan fingerprint density at radius 2 is 2.30 bits per heavy atom. The lowest BCUT2D eigenvalue weighted by molar-refractivity contribution is -0.108. The van der Waals surface area contributed by atoms with Crippen LogP contribution in [0.4, 0.5) is 21.7 Å². The average Bonchev–Trinajstić information content (AvgIpc) is 3.05. The van der Waals surface area contributed by atoms with E-state index in [0.717, 1.165) is 21.3 Å². The Bertz CT molecular complexity index is 1010. The fourth-order valence-corrected chi connectivity index (χ4v) is 3.34. The van der Waals surface area contributed by atoms with E-state index in [9.17, 15) is 14.0 Å². The molecule has 140 valence electrons. The number of aromatic nitrogens is 2. The van der Waals surface area contributed by atoms with E-state index in [0.29, 0.717) is 12.0 Å². The van der Waals surface area contributed by atoms with Crippen molar-refractivity contribution in [3.05, 3.63) is 41.2 Å². The molecular weight excluding hydrogens is 371 g/mol. The lowest BCUT2D eigenvalue weighted by atomic mass is 10.2. The summed E-state index contributed by atoms with van der Waals surface area (Å²) in [6.07, 6.45) is 2.45. The number of nitrogens with zero attached hydrogens (tertiary/aromatic N) is 3. The van der Waals surface area contributed by atoms with Gasteiger partial charge in [0.15, 0.2) is 11.6 Å². The number of halogens is 1. The molecule has 0 radical (unpaired) electrons. The molecule has 5 N–H and O–H groups in total. The monoisotopic (exact) mass is 388 g/mol. The third kappa shape index (κ3) is 3.71. The van der Waals surface area contributed by atoms with Crippen molar-refractivity contribution in [2.75, 3.05) is 10.3 Å². The van der Waals surface area contributed by atoms with Gasteiger partial charge in [0.05, 0.1) is 17.3 Å². The van der Waals surface area contributed by atoms with Crippen LogP contribution in [0.3, 0.4) is 0 Å². The van der Waals surface area contributed by atoms with Crippen molar-refractivity contribution in [2.24, 2.45) is 11.6 Å². The molecule has 3 heterocycles. The highest BCUT2D eigenvalue weighted by molar-refractivity contribution is 7.17. The van der Waals surface area contributed by atoms with Crippen molar-refractivity contribution in [3.63, 3.8) is 0 Å². The molecule has 3 aromatic heterocycles. The fourth-order valence-electron chi connectivity index (χ4n) is 2.50. The van der Waals surface area contributed by atoms with Crippen molar-refractivity contribution >= 4 is 51.1 Å². The number of anilines is 3. The van der Waals surface area contributed by atoms with Crippen LogP contribution >= 0.6 is 11.3 Å². The normalized spacial score (nSPS) is 12.0. The number of amides is 1. The van der Waals surface area contributed by atoms with Gasteiger partial charge in [0.2, 0.25) is 0 Å². The lowest BCUT2D eigenvalue weighted by Gasteiger charge is -2.25. The van der Waals surface area contributed by atoms with E-state index in [2.05, 4.69) is 15.3 Å². The molecule has 27 heavy (non-hydrogen) atoms. The van der Waals surface area contributed by atoms with E-state index < -0.39 is 17.8 Å². The van der Waals surface area contributed by atoms with Crippen molar-refractivity contribution in [2.45, 2.75) is 19.4 Å². The summed E-state index contributed by atoms with van der Waals surface area (Å²) in [7, 11) is 0. The summed E-state index contributed by atoms with van der Waals surface area (Å²) in [5.41, 5.74) is 5.91. The zero-order valence-electron chi connectivity index (χ0n) is 14.3. The summed E-state index contributed by atoms with van der Waals surface area (Å²) in [6, 6.07) is 4.13. The number of primary amides is 1. The first-order valence-corrected chi connectivity index (χ1v) is 8.87. The van der Waals surface area contributed by atoms with E-state index in [1.54, 1.807) is 19.2 Å². The molecule has 1 unspecified atom stereocenters.